The van der Waals surface area contributed by atoms with Crippen molar-refractivity contribution in [3.8, 4) is 0 Å². The molecule has 0 spiro atoms. The third kappa shape index (κ3) is 2.61. The first-order chi connectivity index (χ1) is 9.17. The Morgan fingerprint density at radius 1 is 1.42 bits per heavy atom. The van der Waals surface area contributed by atoms with E-state index in [1.165, 1.54) is 4.88 Å². The van der Waals surface area contributed by atoms with Crippen molar-refractivity contribution in [3.63, 3.8) is 0 Å². The summed E-state index contributed by atoms with van der Waals surface area (Å²) in [5.74, 6) is 2.30. The molecule has 0 N–H and O–H groups in total. The minimum absolute atomic E-state index is 0.290. The van der Waals surface area contributed by atoms with E-state index in [4.69, 9.17) is 11.6 Å². The molecule has 0 unspecified atom stereocenters. The molecule has 4 nitrogen and oxygen atoms in total. The Morgan fingerprint density at radius 2 is 2.16 bits per heavy atom. The molecule has 0 amide bonds. The normalized spacial score (nSPS) is 17.3. The lowest BCUT2D eigenvalue weighted by Crippen LogP contribution is -2.38. The van der Waals surface area contributed by atoms with E-state index in [1.807, 2.05) is 0 Å². The van der Waals surface area contributed by atoms with Gasteiger partial charge in [-0.15, -0.1) is 11.3 Å². The minimum Gasteiger partial charge on any atom is -0.354 e. The summed E-state index contributed by atoms with van der Waals surface area (Å²) in [6.07, 6.45) is 0.988. The average Bonchev–Trinajstić information content (AvgIpc) is 2.81. The van der Waals surface area contributed by atoms with E-state index in [1.54, 1.807) is 11.3 Å². The highest BCUT2D eigenvalue weighted by molar-refractivity contribution is 7.85. The Bertz CT molecular complexity index is 633. The van der Waals surface area contributed by atoms with Crippen LogP contribution in [0.5, 0.6) is 0 Å². The number of fused-ring (bicyclic) bond motifs is 1. The maximum atomic E-state index is 11.4. The van der Waals surface area contributed by atoms with E-state index >= 15 is 0 Å². The van der Waals surface area contributed by atoms with Crippen LogP contribution < -0.4 is 4.90 Å². The molecule has 7 heteroatoms. The summed E-state index contributed by atoms with van der Waals surface area (Å²) in [4.78, 5) is 13.1. The average molecular weight is 316 g/mol. The number of anilines is 1. The Hall–Kier alpha value is -0.720. The van der Waals surface area contributed by atoms with Gasteiger partial charge < -0.3 is 4.90 Å². The summed E-state index contributed by atoms with van der Waals surface area (Å²) < 4.78 is 11.4. The highest BCUT2D eigenvalue weighted by atomic mass is 35.5. The van der Waals surface area contributed by atoms with Gasteiger partial charge in [-0.25, -0.2) is 4.98 Å². The molecule has 1 saturated heterocycles. The van der Waals surface area contributed by atoms with Crippen molar-refractivity contribution in [1.82, 2.24) is 9.97 Å². The number of hydrogen-bond acceptors (Lipinski definition) is 5. The second-order valence-corrected chi connectivity index (χ2v) is 7.59. The van der Waals surface area contributed by atoms with Gasteiger partial charge in [0, 0.05) is 40.3 Å². The number of rotatable bonds is 2. The predicted octanol–water partition coefficient (Wildman–Crippen LogP) is 2.48. The number of aryl methyl sites for hydroxylation is 1. The molecule has 0 aromatic carbocycles. The van der Waals surface area contributed by atoms with Crippen molar-refractivity contribution in [2.45, 2.75) is 13.3 Å². The summed E-state index contributed by atoms with van der Waals surface area (Å²) in [6, 6.07) is 2.15. The largest absolute Gasteiger partial charge is 0.354 e. The fraction of sp³-hybridized carbons (Fsp3) is 0.500. The molecule has 102 valence electrons. The molecular formula is C12H14ClN3OS2. The summed E-state index contributed by atoms with van der Waals surface area (Å²) in [5, 5.41) is 1.36. The van der Waals surface area contributed by atoms with Crippen LogP contribution in [0.2, 0.25) is 5.28 Å². The molecule has 0 aliphatic carbocycles. The summed E-state index contributed by atoms with van der Waals surface area (Å²) >= 11 is 7.69. The van der Waals surface area contributed by atoms with Crippen molar-refractivity contribution in [2.24, 2.45) is 0 Å². The smallest absolute Gasteiger partial charge is 0.225 e. The SMILES string of the molecule is CCc1cc2c(N3CCS(=O)CC3)nc(Cl)nc2s1. The van der Waals surface area contributed by atoms with E-state index in [2.05, 4.69) is 27.9 Å². The summed E-state index contributed by atoms with van der Waals surface area (Å²) in [5.41, 5.74) is 0. The monoisotopic (exact) mass is 315 g/mol. The molecule has 1 aliphatic heterocycles. The molecule has 2 aromatic rings. The molecule has 19 heavy (non-hydrogen) atoms. The van der Waals surface area contributed by atoms with Crippen LogP contribution in [0.1, 0.15) is 11.8 Å². The van der Waals surface area contributed by atoms with Gasteiger partial charge in [-0.3, -0.25) is 4.21 Å². The Labute approximate surface area is 123 Å². The topological polar surface area (TPSA) is 46.1 Å². The molecule has 1 aliphatic rings. The van der Waals surface area contributed by atoms with Crippen molar-refractivity contribution >= 4 is 49.8 Å². The Morgan fingerprint density at radius 3 is 2.84 bits per heavy atom. The summed E-state index contributed by atoms with van der Waals surface area (Å²) in [7, 11) is -0.686. The highest BCUT2D eigenvalue weighted by Crippen LogP contribution is 2.32. The van der Waals surface area contributed by atoms with E-state index < -0.39 is 10.8 Å². The zero-order chi connectivity index (χ0) is 13.4. The van der Waals surface area contributed by atoms with Crippen LogP contribution >= 0.6 is 22.9 Å². The van der Waals surface area contributed by atoms with Gasteiger partial charge in [0.2, 0.25) is 5.28 Å². The van der Waals surface area contributed by atoms with E-state index in [9.17, 15) is 4.21 Å². The fourth-order valence-electron chi connectivity index (χ4n) is 2.20. The van der Waals surface area contributed by atoms with E-state index in [0.717, 1.165) is 35.5 Å². The number of thiophene rings is 1. The van der Waals surface area contributed by atoms with Crippen LogP contribution in [0.25, 0.3) is 10.2 Å². The first-order valence-corrected chi connectivity index (χ1v) is 8.91. The number of nitrogens with zero attached hydrogens (tertiary/aromatic N) is 3. The fourth-order valence-corrected chi connectivity index (χ4v) is 4.42. The van der Waals surface area contributed by atoms with Crippen LogP contribution in [-0.2, 0) is 17.2 Å². The first-order valence-electron chi connectivity index (χ1n) is 6.23. The summed E-state index contributed by atoms with van der Waals surface area (Å²) in [6.45, 7) is 3.67. The van der Waals surface area contributed by atoms with Gasteiger partial charge in [-0.2, -0.15) is 4.98 Å². The van der Waals surface area contributed by atoms with Gasteiger partial charge in [-0.1, -0.05) is 6.92 Å². The molecule has 1 fully saturated rings. The first kappa shape index (κ1) is 13.3. The zero-order valence-corrected chi connectivity index (χ0v) is 12.9. The second-order valence-electron chi connectivity index (χ2n) is 4.44. The van der Waals surface area contributed by atoms with Crippen molar-refractivity contribution in [3.05, 3.63) is 16.2 Å². The van der Waals surface area contributed by atoms with Gasteiger partial charge >= 0.3 is 0 Å². The third-order valence-corrected chi connectivity index (χ3v) is 5.84. The molecule has 0 atom stereocenters. The van der Waals surface area contributed by atoms with Crippen LogP contribution in [0.15, 0.2) is 6.07 Å². The zero-order valence-electron chi connectivity index (χ0n) is 10.6. The second kappa shape index (κ2) is 5.34. The van der Waals surface area contributed by atoms with Crippen LogP contribution in [0.3, 0.4) is 0 Å². The van der Waals surface area contributed by atoms with E-state index in [0.29, 0.717) is 16.8 Å². The van der Waals surface area contributed by atoms with Gasteiger partial charge in [0.05, 0.1) is 5.39 Å². The van der Waals surface area contributed by atoms with Gasteiger partial charge in [0.1, 0.15) is 10.6 Å². The van der Waals surface area contributed by atoms with Crippen LogP contribution in [0, 0.1) is 0 Å². The Kier molecular flexibility index (Phi) is 3.73. The lowest BCUT2D eigenvalue weighted by atomic mass is 10.3. The number of hydrogen-bond donors (Lipinski definition) is 0. The molecule has 2 aromatic heterocycles. The van der Waals surface area contributed by atoms with Crippen molar-refractivity contribution in [1.29, 1.82) is 0 Å². The van der Waals surface area contributed by atoms with E-state index in [-0.39, 0.29) is 0 Å². The standard InChI is InChI=1S/C12H14ClN3OS2/c1-2-8-7-9-10(14-12(13)15-11(9)18-8)16-3-5-19(17)6-4-16/h7H,2-6H2,1H3. The van der Waals surface area contributed by atoms with Crippen molar-refractivity contribution in [2.75, 3.05) is 29.5 Å². The molecule has 3 heterocycles. The van der Waals surface area contributed by atoms with Gasteiger partial charge in [0.15, 0.2) is 0 Å². The minimum atomic E-state index is -0.686. The number of aromatic nitrogens is 2. The maximum Gasteiger partial charge on any atom is 0.225 e. The van der Waals surface area contributed by atoms with Crippen LogP contribution in [0.4, 0.5) is 5.82 Å². The molecule has 0 saturated carbocycles. The molecule has 3 rings (SSSR count). The van der Waals surface area contributed by atoms with Crippen LogP contribution in [-0.4, -0.2) is 38.8 Å². The molecular weight excluding hydrogens is 302 g/mol. The molecule has 0 radical (unpaired) electrons. The quantitative estimate of drug-likeness (QED) is 0.799. The third-order valence-electron chi connectivity index (χ3n) is 3.22. The lowest BCUT2D eigenvalue weighted by molar-refractivity contribution is 0.672. The highest BCUT2D eigenvalue weighted by Gasteiger charge is 2.20. The lowest BCUT2D eigenvalue weighted by Gasteiger charge is -2.27. The van der Waals surface area contributed by atoms with Gasteiger partial charge in [-0.05, 0) is 24.1 Å². The molecule has 0 bridgehead atoms. The Balaban J connectivity index is 2.06. The maximum absolute atomic E-state index is 11.4. The number of halogens is 1. The van der Waals surface area contributed by atoms with Crippen molar-refractivity contribution < 1.29 is 4.21 Å². The van der Waals surface area contributed by atoms with Gasteiger partial charge in [0.25, 0.3) is 0 Å². The predicted molar refractivity (Wildman–Crippen MR) is 81.9 cm³/mol.